The molecule has 0 spiro atoms. The molecule has 0 aliphatic carbocycles. The van der Waals surface area contributed by atoms with E-state index in [9.17, 15) is 0 Å². The quantitative estimate of drug-likeness (QED) is 0.162. The summed E-state index contributed by atoms with van der Waals surface area (Å²) < 4.78 is 5.00. The Morgan fingerprint density at radius 1 is 0.333 bits per heavy atom. The lowest BCUT2D eigenvalue weighted by Gasteiger charge is -2.14. The molecule has 4 heteroatoms. The predicted molar refractivity (Wildman–Crippen MR) is 268 cm³/mol. The van der Waals surface area contributed by atoms with Gasteiger partial charge in [-0.2, -0.15) is 0 Å². The van der Waals surface area contributed by atoms with Gasteiger partial charge in [-0.05, 0) is 104 Å². The highest BCUT2D eigenvalue weighted by Crippen LogP contribution is 2.44. The highest BCUT2D eigenvalue weighted by molar-refractivity contribution is 7.25. The minimum Gasteiger partial charge on any atom is -0.294 e. The van der Waals surface area contributed by atoms with Gasteiger partial charge in [-0.3, -0.25) is 4.57 Å². The zero-order chi connectivity index (χ0) is 41.6. The summed E-state index contributed by atoms with van der Waals surface area (Å²) in [5, 5.41) is 12.4. The molecule has 3 nitrogen and oxygen atoms in total. The summed E-state index contributed by atoms with van der Waals surface area (Å²) in [6.45, 7) is 2.14. The summed E-state index contributed by atoms with van der Waals surface area (Å²) in [6.07, 6.45) is 0. The van der Waals surface area contributed by atoms with E-state index in [4.69, 9.17) is 9.97 Å². The maximum Gasteiger partial charge on any atom is 0.162 e. The number of benzene rings is 10. The van der Waals surface area contributed by atoms with Crippen molar-refractivity contribution >= 4 is 85.6 Å². The number of fused-ring (bicyclic) bond motifs is 12. The van der Waals surface area contributed by atoms with E-state index in [1.807, 2.05) is 23.5 Å². The summed E-state index contributed by atoms with van der Waals surface area (Å²) >= 11 is 1.87. The van der Waals surface area contributed by atoms with Crippen LogP contribution in [0.2, 0.25) is 0 Å². The van der Waals surface area contributed by atoms with Gasteiger partial charge in [-0.25, -0.2) is 9.97 Å². The van der Waals surface area contributed by atoms with Crippen LogP contribution >= 0.6 is 11.3 Å². The molecule has 0 aliphatic rings. The number of aromatic nitrogens is 3. The minimum atomic E-state index is 0.692. The SMILES string of the molecule is Cc1ccc(-c2ccc3c(c2)c2cc4c5ccccc5c5cc(-c6ccc7c(c6)sc6ccccc67)ccc5c4cc2n3-c2cc(-c3ccccc3)nc(-c3ccccc3)n2)cc1. The minimum absolute atomic E-state index is 0.692. The molecule has 0 unspecified atom stereocenters. The molecule has 3 heterocycles. The maximum absolute atomic E-state index is 5.39. The Morgan fingerprint density at radius 2 is 0.873 bits per heavy atom. The lowest BCUT2D eigenvalue weighted by molar-refractivity contribution is 1.05. The predicted octanol–water partition coefficient (Wildman–Crippen LogP) is 16.4. The van der Waals surface area contributed by atoms with Crippen LogP contribution in [0.5, 0.6) is 0 Å². The van der Waals surface area contributed by atoms with Crippen LogP contribution in [0.25, 0.3) is 125 Å². The third-order valence-corrected chi connectivity index (χ3v) is 14.0. The van der Waals surface area contributed by atoms with Gasteiger partial charge in [0.05, 0.1) is 16.7 Å². The van der Waals surface area contributed by atoms with Crippen LogP contribution in [0.15, 0.2) is 206 Å². The van der Waals surface area contributed by atoms with Crippen LogP contribution < -0.4 is 0 Å². The van der Waals surface area contributed by atoms with E-state index in [0.717, 1.165) is 33.7 Å². The second-order valence-corrected chi connectivity index (χ2v) is 17.7. The number of aryl methyl sites for hydroxylation is 1. The summed E-state index contributed by atoms with van der Waals surface area (Å²) in [4.78, 5) is 10.6. The van der Waals surface area contributed by atoms with Crippen molar-refractivity contribution in [3.8, 4) is 50.7 Å². The first-order valence-electron chi connectivity index (χ1n) is 21.5. The van der Waals surface area contributed by atoms with Crippen molar-refractivity contribution in [3.05, 3.63) is 212 Å². The van der Waals surface area contributed by atoms with Gasteiger partial charge in [0.25, 0.3) is 0 Å². The van der Waals surface area contributed by atoms with E-state index in [2.05, 4.69) is 206 Å². The summed E-state index contributed by atoms with van der Waals surface area (Å²) in [5.74, 6) is 1.52. The van der Waals surface area contributed by atoms with Crippen molar-refractivity contribution in [1.29, 1.82) is 0 Å². The Morgan fingerprint density at radius 3 is 1.65 bits per heavy atom. The normalized spacial score (nSPS) is 11.9. The molecule has 0 bridgehead atoms. The van der Waals surface area contributed by atoms with Crippen LogP contribution in [0, 0.1) is 6.92 Å². The number of hydrogen-bond acceptors (Lipinski definition) is 3. The molecule has 0 aliphatic heterocycles. The fourth-order valence-electron chi connectivity index (χ4n) is 9.75. The Labute approximate surface area is 367 Å². The van der Waals surface area contributed by atoms with Crippen molar-refractivity contribution in [2.45, 2.75) is 6.92 Å². The van der Waals surface area contributed by atoms with Crippen molar-refractivity contribution in [1.82, 2.24) is 14.5 Å². The molecule has 294 valence electrons. The standard InChI is InChI=1S/C59H37N3S/c1-36-20-22-37(23-21-36)40-26-29-54-51(31-40)52-33-49-44-17-9-8-16-43(44)48-30-41(42-25-28-47-46-18-10-11-19-56(46)63-57(47)32-42)24-27-45(48)50(49)34-55(52)62(54)58-35-53(38-12-4-2-5-13-38)60-59(61-58)39-14-6-3-7-15-39/h2-35H,1H3. The van der Waals surface area contributed by atoms with Gasteiger partial charge < -0.3 is 0 Å². The maximum atomic E-state index is 5.39. The van der Waals surface area contributed by atoms with E-state index >= 15 is 0 Å². The van der Waals surface area contributed by atoms with Crippen LogP contribution in [0.1, 0.15) is 5.56 Å². The second kappa shape index (κ2) is 14.1. The third kappa shape index (κ3) is 5.80. The lowest BCUT2D eigenvalue weighted by atomic mass is 9.91. The molecule has 63 heavy (non-hydrogen) atoms. The van der Waals surface area contributed by atoms with Gasteiger partial charge in [0.15, 0.2) is 5.82 Å². The van der Waals surface area contributed by atoms with Gasteiger partial charge >= 0.3 is 0 Å². The van der Waals surface area contributed by atoms with Crippen LogP contribution in [0.4, 0.5) is 0 Å². The van der Waals surface area contributed by atoms with Crippen LogP contribution in [-0.2, 0) is 0 Å². The molecule has 0 radical (unpaired) electrons. The Balaban J connectivity index is 1.10. The number of hydrogen-bond donors (Lipinski definition) is 0. The molecule has 0 amide bonds. The molecular weight excluding hydrogens is 783 g/mol. The van der Waals surface area contributed by atoms with Crippen LogP contribution in [0.3, 0.4) is 0 Å². The third-order valence-electron chi connectivity index (χ3n) is 12.9. The second-order valence-electron chi connectivity index (χ2n) is 16.6. The van der Waals surface area contributed by atoms with Gasteiger partial charge in [0, 0.05) is 48.1 Å². The average Bonchev–Trinajstić information content (AvgIpc) is 3.88. The fraction of sp³-hybridized carbons (Fsp3) is 0.0169. The molecule has 3 aromatic heterocycles. The highest BCUT2D eigenvalue weighted by atomic mass is 32.1. The fourth-order valence-corrected chi connectivity index (χ4v) is 10.9. The summed E-state index contributed by atoms with van der Waals surface area (Å²) in [7, 11) is 0. The molecule has 0 atom stereocenters. The average molecular weight is 820 g/mol. The number of nitrogens with zero attached hydrogens (tertiary/aromatic N) is 3. The summed E-state index contributed by atoms with van der Waals surface area (Å²) in [6, 6.07) is 75.1. The van der Waals surface area contributed by atoms with Crippen molar-refractivity contribution in [2.75, 3.05) is 0 Å². The monoisotopic (exact) mass is 819 g/mol. The molecule has 10 aromatic carbocycles. The Hall–Kier alpha value is -7.92. The zero-order valence-electron chi connectivity index (χ0n) is 34.4. The van der Waals surface area contributed by atoms with Gasteiger partial charge in [-0.15, -0.1) is 11.3 Å². The molecule has 0 fully saturated rings. The summed E-state index contributed by atoms with van der Waals surface area (Å²) in [5.41, 5.74) is 11.2. The zero-order valence-corrected chi connectivity index (χ0v) is 35.2. The van der Waals surface area contributed by atoms with E-state index < -0.39 is 0 Å². The van der Waals surface area contributed by atoms with Gasteiger partial charge in [-0.1, -0.05) is 163 Å². The van der Waals surface area contributed by atoms with Gasteiger partial charge in [0.2, 0.25) is 0 Å². The number of rotatable bonds is 5. The Kier molecular flexibility index (Phi) is 7.99. The lowest BCUT2D eigenvalue weighted by Crippen LogP contribution is -2.02. The van der Waals surface area contributed by atoms with Crippen molar-refractivity contribution < 1.29 is 0 Å². The smallest absolute Gasteiger partial charge is 0.162 e. The van der Waals surface area contributed by atoms with E-state index in [-0.39, 0.29) is 0 Å². The van der Waals surface area contributed by atoms with E-state index in [1.165, 1.54) is 91.1 Å². The Bertz CT molecular complexity index is 3900. The van der Waals surface area contributed by atoms with Gasteiger partial charge in [0.1, 0.15) is 5.82 Å². The van der Waals surface area contributed by atoms with Crippen molar-refractivity contribution in [3.63, 3.8) is 0 Å². The largest absolute Gasteiger partial charge is 0.294 e. The molecule has 0 saturated heterocycles. The van der Waals surface area contributed by atoms with Crippen molar-refractivity contribution in [2.24, 2.45) is 0 Å². The molecule has 13 aromatic rings. The molecule has 0 N–H and O–H groups in total. The highest BCUT2D eigenvalue weighted by Gasteiger charge is 2.20. The van der Waals surface area contributed by atoms with E-state index in [0.29, 0.717) is 5.82 Å². The number of thiophene rings is 1. The van der Waals surface area contributed by atoms with Crippen LogP contribution in [-0.4, -0.2) is 14.5 Å². The molecule has 13 rings (SSSR count). The molecular formula is C59H37N3S. The van der Waals surface area contributed by atoms with E-state index in [1.54, 1.807) is 0 Å². The topological polar surface area (TPSA) is 30.7 Å². The molecule has 0 saturated carbocycles. The first-order valence-corrected chi connectivity index (χ1v) is 22.3. The first-order chi connectivity index (χ1) is 31.1. The first kappa shape index (κ1) is 35.8.